The first-order valence-electron chi connectivity index (χ1n) is 7.83. The van der Waals surface area contributed by atoms with Gasteiger partial charge in [0, 0.05) is 9.86 Å². The summed E-state index contributed by atoms with van der Waals surface area (Å²) >= 11 is 3.28. The first-order chi connectivity index (χ1) is 12.3. The molecule has 0 aliphatic rings. The van der Waals surface area contributed by atoms with Crippen LogP contribution in [0.5, 0.6) is 0 Å². The van der Waals surface area contributed by atoms with Gasteiger partial charge < -0.3 is 5.11 Å². The minimum absolute atomic E-state index is 0.0294. The summed E-state index contributed by atoms with van der Waals surface area (Å²) in [4.78, 5) is 11.7. The number of nitrogens with zero attached hydrogens (tertiary/aromatic N) is 1. The molecule has 0 radical (unpaired) electrons. The van der Waals surface area contributed by atoms with Gasteiger partial charge in [0.15, 0.2) is 0 Å². The Morgan fingerprint density at radius 3 is 2.27 bits per heavy atom. The van der Waals surface area contributed by atoms with Gasteiger partial charge in [-0.1, -0.05) is 52.3 Å². The molecular formula is C19H16BrNO4S. The average Bonchev–Trinajstić information content (AvgIpc) is 2.62. The summed E-state index contributed by atoms with van der Waals surface area (Å²) in [5.74, 6) is -1.22. The van der Waals surface area contributed by atoms with Gasteiger partial charge in [-0.25, -0.2) is 13.2 Å². The second-order valence-electron chi connectivity index (χ2n) is 5.77. The first-order valence-corrected chi connectivity index (χ1v) is 10.1. The number of carboxylic acids is 1. The summed E-state index contributed by atoms with van der Waals surface area (Å²) < 4.78 is 28.3. The Morgan fingerprint density at radius 2 is 1.62 bits per heavy atom. The van der Waals surface area contributed by atoms with E-state index < -0.39 is 22.0 Å². The van der Waals surface area contributed by atoms with Gasteiger partial charge in [-0.2, -0.15) is 0 Å². The third kappa shape index (κ3) is 3.32. The molecule has 0 aromatic heterocycles. The lowest BCUT2D eigenvalue weighted by molar-refractivity contribution is -0.137. The second kappa shape index (κ2) is 7.09. The minimum Gasteiger partial charge on any atom is -0.480 e. The number of fused-ring (bicyclic) bond motifs is 1. The van der Waals surface area contributed by atoms with Crippen molar-refractivity contribution in [1.82, 2.24) is 0 Å². The van der Waals surface area contributed by atoms with Crippen LogP contribution in [0.25, 0.3) is 10.8 Å². The summed E-state index contributed by atoms with van der Waals surface area (Å²) in [5.41, 5.74) is 0.334. The predicted octanol–water partition coefficient (Wildman–Crippen LogP) is 4.27. The number of benzene rings is 3. The smallest absolute Gasteiger partial charge is 0.327 e. The molecule has 7 heteroatoms. The second-order valence-corrected chi connectivity index (χ2v) is 8.50. The summed E-state index contributed by atoms with van der Waals surface area (Å²) in [6.07, 6.45) is 0. The van der Waals surface area contributed by atoms with E-state index in [-0.39, 0.29) is 4.90 Å². The number of carbonyl (C=O) groups is 1. The topological polar surface area (TPSA) is 74.7 Å². The SMILES string of the molecule is CC(C(=O)O)N(c1cccc2ccccc12)S(=O)(=O)c1ccc(Br)cc1. The van der Waals surface area contributed by atoms with E-state index in [1.54, 1.807) is 36.4 Å². The summed E-state index contributed by atoms with van der Waals surface area (Å²) in [7, 11) is -4.07. The highest BCUT2D eigenvalue weighted by Crippen LogP contribution is 2.33. The van der Waals surface area contributed by atoms with Crippen LogP contribution in [0, 0.1) is 0 Å². The van der Waals surface area contributed by atoms with Crippen molar-refractivity contribution in [3.05, 3.63) is 71.2 Å². The molecule has 0 aliphatic carbocycles. The molecule has 1 unspecified atom stereocenters. The molecule has 0 aliphatic heterocycles. The van der Waals surface area contributed by atoms with E-state index in [2.05, 4.69) is 15.9 Å². The van der Waals surface area contributed by atoms with Gasteiger partial charge >= 0.3 is 5.97 Å². The zero-order valence-electron chi connectivity index (χ0n) is 13.8. The third-order valence-electron chi connectivity index (χ3n) is 4.08. The van der Waals surface area contributed by atoms with Crippen LogP contribution < -0.4 is 4.31 Å². The van der Waals surface area contributed by atoms with Crippen LogP contribution in [0.3, 0.4) is 0 Å². The van der Waals surface area contributed by atoms with E-state index in [1.807, 2.05) is 18.2 Å². The van der Waals surface area contributed by atoms with Crippen LogP contribution >= 0.6 is 15.9 Å². The molecule has 3 aromatic rings. The number of aliphatic carboxylic acids is 1. The van der Waals surface area contributed by atoms with E-state index >= 15 is 0 Å². The van der Waals surface area contributed by atoms with E-state index in [1.165, 1.54) is 19.1 Å². The largest absolute Gasteiger partial charge is 0.480 e. The maximum absolute atomic E-state index is 13.3. The maximum Gasteiger partial charge on any atom is 0.327 e. The van der Waals surface area contributed by atoms with Crippen molar-refractivity contribution in [3.8, 4) is 0 Å². The Hall–Kier alpha value is -2.38. The number of hydrogen-bond acceptors (Lipinski definition) is 3. The molecule has 0 fully saturated rings. The van der Waals surface area contributed by atoms with Gasteiger partial charge in [0.2, 0.25) is 0 Å². The number of carboxylic acid groups (broad SMARTS) is 1. The molecule has 0 heterocycles. The molecule has 134 valence electrons. The summed E-state index contributed by atoms with van der Waals surface area (Å²) in [5, 5.41) is 11.0. The highest BCUT2D eigenvalue weighted by molar-refractivity contribution is 9.10. The van der Waals surface area contributed by atoms with Crippen molar-refractivity contribution < 1.29 is 18.3 Å². The van der Waals surface area contributed by atoms with Gasteiger partial charge in [-0.05, 0) is 42.6 Å². The van der Waals surface area contributed by atoms with Gasteiger partial charge in [-0.15, -0.1) is 0 Å². The lowest BCUT2D eigenvalue weighted by Gasteiger charge is -2.29. The van der Waals surface area contributed by atoms with Gasteiger partial charge in [0.05, 0.1) is 10.6 Å². The summed E-state index contributed by atoms with van der Waals surface area (Å²) in [6, 6.07) is 17.3. The standard InChI is InChI=1S/C19H16BrNO4S/c1-13(19(22)23)21(26(24,25)16-11-9-15(20)10-12-16)18-8-4-6-14-5-2-3-7-17(14)18/h2-13H,1H3,(H,22,23). The molecule has 3 aromatic carbocycles. The zero-order valence-corrected chi connectivity index (χ0v) is 16.2. The van der Waals surface area contributed by atoms with E-state index in [0.29, 0.717) is 11.1 Å². The number of anilines is 1. The zero-order chi connectivity index (χ0) is 18.9. The van der Waals surface area contributed by atoms with Crippen LogP contribution in [-0.4, -0.2) is 25.5 Å². The van der Waals surface area contributed by atoms with E-state index in [4.69, 9.17) is 0 Å². The molecule has 5 nitrogen and oxygen atoms in total. The van der Waals surface area contributed by atoms with Gasteiger partial charge in [0.1, 0.15) is 6.04 Å². The monoisotopic (exact) mass is 433 g/mol. The number of halogens is 1. The van der Waals surface area contributed by atoms with E-state index in [9.17, 15) is 18.3 Å². The number of sulfonamides is 1. The minimum atomic E-state index is -4.07. The fraction of sp³-hybridized carbons (Fsp3) is 0.105. The molecule has 0 saturated heterocycles. The maximum atomic E-state index is 13.3. The van der Waals surface area contributed by atoms with Crippen molar-refractivity contribution in [2.24, 2.45) is 0 Å². The highest BCUT2D eigenvalue weighted by Gasteiger charge is 2.34. The molecule has 1 N–H and O–H groups in total. The van der Waals surface area contributed by atoms with Crippen LogP contribution in [0.2, 0.25) is 0 Å². The third-order valence-corrected chi connectivity index (χ3v) is 6.51. The quantitative estimate of drug-likeness (QED) is 0.651. The Bertz CT molecular complexity index is 1060. The predicted molar refractivity (Wildman–Crippen MR) is 105 cm³/mol. The van der Waals surface area contributed by atoms with Crippen LogP contribution in [0.4, 0.5) is 5.69 Å². The van der Waals surface area contributed by atoms with Gasteiger partial charge in [-0.3, -0.25) is 4.31 Å². The van der Waals surface area contributed by atoms with Gasteiger partial charge in [0.25, 0.3) is 10.0 Å². The van der Waals surface area contributed by atoms with Crippen LogP contribution in [0.15, 0.2) is 76.1 Å². The molecule has 3 rings (SSSR count). The molecule has 1 atom stereocenters. The molecule has 0 amide bonds. The Labute approximate surface area is 160 Å². The van der Waals surface area contributed by atoms with Crippen molar-refractivity contribution in [2.45, 2.75) is 17.9 Å². The Morgan fingerprint density at radius 1 is 1.00 bits per heavy atom. The van der Waals surface area contributed by atoms with E-state index in [0.717, 1.165) is 14.2 Å². The normalized spacial score (nSPS) is 12.7. The average molecular weight is 434 g/mol. The molecule has 0 bridgehead atoms. The molecule has 0 spiro atoms. The first kappa shape index (κ1) is 18.4. The molecular weight excluding hydrogens is 418 g/mol. The number of hydrogen-bond donors (Lipinski definition) is 1. The fourth-order valence-electron chi connectivity index (χ4n) is 2.77. The lowest BCUT2D eigenvalue weighted by Crippen LogP contribution is -2.43. The van der Waals surface area contributed by atoms with Crippen LogP contribution in [0.1, 0.15) is 6.92 Å². The lowest BCUT2D eigenvalue weighted by atomic mass is 10.1. The Balaban J connectivity index is 2.26. The summed E-state index contributed by atoms with van der Waals surface area (Å²) in [6.45, 7) is 1.36. The van der Waals surface area contributed by atoms with Crippen LogP contribution in [-0.2, 0) is 14.8 Å². The highest BCUT2D eigenvalue weighted by atomic mass is 79.9. The Kier molecular flexibility index (Phi) is 5.02. The fourth-order valence-corrected chi connectivity index (χ4v) is 4.66. The van der Waals surface area contributed by atoms with Crippen molar-refractivity contribution >= 4 is 48.4 Å². The number of rotatable bonds is 5. The van der Waals surface area contributed by atoms with Crippen molar-refractivity contribution in [2.75, 3.05) is 4.31 Å². The van der Waals surface area contributed by atoms with Crippen molar-refractivity contribution in [1.29, 1.82) is 0 Å². The molecule has 26 heavy (non-hydrogen) atoms. The van der Waals surface area contributed by atoms with Crippen molar-refractivity contribution in [3.63, 3.8) is 0 Å². The molecule has 0 saturated carbocycles.